The van der Waals surface area contributed by atoms with Crippen molar-refractivity contribution in [3.05, 3.63) is 53.9 Å². The van der Waals surface area contributed by atoms with Crippen LogP contribution in [0.1, 0.15) is 35.9 Å². The van der Waals surface area contributed by atoms with E-state index in [1.54, 1.807) is 16.9 Å². The molecule has 1 aliphatic heterocycles. The minimum absolute atomic E-state index is 0.103. The minimum atomic E-state index is -0.400. The van der Waals surface area contributed by atoms with E-state index in [1.165, 1.54) is 5.56 Å². The summed E-state index contributed by atoms with van der Waals surface area (Å²) in [6, 6.07) is 12.3. The Kier molecular flexibility index (Phi) is 5.83. The summed E-state index contributed by atoms with van der Waals surface area (Å²) in [6.45, 7) is 7.45. The number of nitrogens with zero attached hydrogens (tertiary/aromatic N) is 3. The van der Waals surface area contributed by atoms with Crippen LogP contribution in [0.5, 0.6) is 0 Å². The van der Waals surface area contributed by atoms with Crippen molar-refractivity contribution in [2.45, 2.75) is 32.5 Å². The fourth-order valence-corrected chi connectivity index (χ4v) is 2.84. The fraction of sp³-hybridized carbons (Fsp3) is 0.474. The number of aromatic nitrogens is 2. The molecule has 0 amide bonds. The average Bonchev–Trinajstić information content (AvgIpc) is 3.11. The number of ether oxygens (including phenoxy) is 2. The number of rotatable bonds is 6. The maximum atomic E-state index is 12.1. The maximum Gasteiger partial charge on any atom is 0.358 e. The molecule has 0 aliphatic carbocycles. The Morgan fingerprint density at radius 3 is 2.84 bits per heavy atom. The maximum absolute atomic E-state index is 12.1. The van der Waals surface area contributed by atoms with Gasteiger partial charge >= 0.3 is 5.97 Å². The lowest BCUT2D eigenvalue weighted by atomic mass is 10.2. The number of carbonyl (C=O) groups excluding carboxylic acids is 1. The van der Waals surface area contributed by atoms with E-state index in [0.717, 1.165) is 19.6 Å². The van der Waals surface area contributed by atoms with Crippen LogP contribution in [0.2, 0.25) is 0 Å². The summed E-state index contributed by atoms with van der Waals surface area (Å²) in [4.78, 5) is 14.5. The zero-order valence-electron chi connectivity index (χ0n) is 14.8. The van der Waals surface area contributed by atoms with Gasteiger partial charge in [-0.2, -0.15) is 5.10 Å². The number of hydrogen-bond donors (Lipinski definition) is 0. The molecule has 1 aromatic heterocycles. The highest BCUT2D eigenvalue weighted by Gasteiger charge is 2.23. The smallest absolute Gasteiger partial charge is 0.358 e. The van der Waals surface area contributed by atoms with Gasteiger partial charge in [0.15, 0.2) is 5.69 Å². The summed E-state index contributed by atoms with van der Waals surface area (Å²) >= 11 is 0. The zero-order chi connectivity index (χ0) is 17.6. The van der Waals surface area contributed by atoms with Crippen molar-refractivity contribution in [2.24, 2.45) is 0 Å². The van der Waals surface area contributed by atoms with Gasteiger partial charge in [-0.05, 0) is 25.5 Å². The summed E-state index contributed by atoms with van der Waals surface area (Å²) in [7, 11) is 0. The van der Waals surface area contributed by atoms with Crippen LogP contribution >= 0.6 is 0 Å². The minimum Gasteiger partial charge on any atom is -0.458 e. The van der Waals surface area contributed by atoms with Crippen LogP contribution in [0.4, 0.5) is 0 Å². The summed E-state index contributed by atoms with van der Waals surface area (Å²) in [6.07, 6.45) is 1.69. The molecule has 2 aromatic rings. The van der Waals surface area contributed by atoms with E-state index < -0.39 is 5.97 Å². The molecule has 1 fully saturated rings. The predicted molar refractivity (Wildman–Crippen MR) is 94.4 cm³/mol. The average molecular weight is 343 g/mol. The lowest BCUT2D eigenvalue weighted by molar-refractivity contribution is -0.0613. The molecular formula is C19H25N3O3. The Morgan fingerprint density at radius 1 is 1.32 bits per heavy atom. The Labute approximate surface area is 148 Å². The molecule has 1 aliphatic rings. The molecule has 3 rings (SSSR count). The second kappa shape index (κ2) is 8.27. The van der Waals surface area contributed by atoms with Crippen LogP contribution in [0.25, 0.3) is 0 Å². The molecule has 1 aromatic carbocycles. The van der Waals surface area contributed by atoms with Gasteiger partial charge in [0.2, 0.25) is 0 Å². The second-order valence-electron chi connectivity index (χ2n) is 6.59. The van der Waals surface area contributed by atoms with E-state index >= 15 is 0 Å². The molecule has 0 N–H and O–H groups in total. The third-order valence-corrected chi connectivity index (χ3v) is 4.22. The van der Waals surface area contributed by atoms with Crippen LogP contribution in [0.3, 0.4) is 0 Å². The molecular weight excluding hydrogens is 318 g/mol. The summed E-state index contributed by atoms with van der Waals surface area (Å²) in [5.41, 5.74) is 1.62. The molecule has 0 unspecified atom stereocenters. The molecule has 1 saturated heterocycles. The SMILES string of the molecule is CC(C)n1ccc(C(=O)OC[C@H]2CN(Cc3ccccc3)CCO2)n1. The molecule has 134 valence electrons. The third-order valence-electron chi connectivity index (χ3n) is 4.22. The number of hydrogen-bond acceptors (Lipinski definition) is 5. The van der Waals surface area contributed by atoms with Crippen molar-refractivity contribution in [3.63, 3.8) is 0 Å². The normalized spacial score (nSPS) is 18.4. The van der Waals surface area contributed by atoms with Gasteiger partial charge in [0, 0.05) is 31.9 Å². The first-order valence-corrected chi connectivity index (χ1v) is 8.72. The van der Waals surface area contributed by atoms with Crippen LogP contribution in [-0.4, -0.2) is 53.1 Å². The number of benzene rings is 1. The van der Waals surface area contributed by atoms with Crippen LogP contribution in [-0.2, 0) is 16.0 Å². The van der Waals surface area contributed by atoms with Gasteiger partial charge in [-0.25, -0.2) is 4.79 Å². The predicted octanol–water partition coefficient (Wildman–Crippen LogP) is 2.52. The van der Waals surface area contributed by atoms with E-state index in [2.05, 4.69) is 22.1 Å². The Morgan fingerprint density at radius 2 is 2.12 bits per heavy atom. The standard InChI is InChI=1S/C19H25N3O3/c1-15(2)22-9-8-18(20-22)19(23)25-14-17-13-21(10-11-24-17)12-16-6-4-3-5-7-16/h3-9,15,17H,10-14H2,1-2H3/t17-/m1/s1. The van der Waals surface area contributed by atoms with E-state index in [9.17, 15) is 4.79 Å². The zero-order valence-corrected chi connectivity index (χ0v) is 14.8. The lowest BCUT2D eigenvalue weighted by Gasteiger charge is -2.32. The van der Waals surface area contributed by atoms with Crippen molar-refractivity contribution in [1.29, 1.82) is 0 Å². The summed E-state index contributed by atoms with van der Waals surface area (Å²) in [5, 5.41) is 4.24. The molecule has 0 spiro atoms. The Balaban J connectivity index is 1.48. The van der Waals surface area contributed by atoms with Crippen molar-refractivity contribution < 1.29 is 14.3 Å². The third kappa shape index (κ3) is 4.90. The summed E-state index contributed by atoms with van der Waals surface area (Å²) < 4.78 is 12.9. The first kappa shape index (κ1) is 17.6. The van der Waals surface area contributed by atoms with Gasteiger partial charge in [0.1, 0.15) is 12.7 Å². The first-order valence-electron chi connectivity index (χ1n) is 8.72. The highest BCUT2D eigenvalue weighted by Crippen LogP contribution is 2.12. The Bertz CT molecular complexity index is 684. The van der Waals surface area contributed by atoms with E-state index in [-0.39, 0.29) is 18.8 Å². The lowest BCUT2D eigenvalue weighted by Crippen LogP contribution is -2.44. The van der Waals surface area contributed by atoms with Gasteiger partial charge in [-0.1, -0.05) is 30.3 Å². The largest absolute Gasteiger partial charge is 0.458 e. The van der Waals surface area contributed by atoms with Crippen molar-refractivity contribution in [3.8, 4) is 0 Å². The van der Waals surface area contributed by atoms with Gasteiger partial charge in [0.05, 0.1) is 6.61 Å². The first-order chi connectivity index (χ1) is 12.1. The second-order valence-corrected chi connectivity index (χ2v) is 6.59. The van der Waals surface area contributed by atoms with Gasteiger partial charge in [-0.15, -0.1) is 0 Å². The topological polar surface area (TPSA) is 56.6 Å². The highest BCUT2D eigenvalue weighted by atomic mass is 16.6. The van der Waals surface area contributed by atoms with Crippen LogP contribution < -0.4 is 0 Å². The number of carbonyl (C=O) groups is 1. The number of morpholine rings is 1. The summed E-state index contributed by atoms with van der Waals surface area (Å²) in [5.74, 6) is -0.400. The van der Waals surface area contributed by atoms with Crippen molar-refractivity contribution in [2.75, 3.05) is 26.3 Å². The quantitative estimate of drug-likeness (QED) is 0.755. The molecule has 1 atom stereocenters. The molecule has 0 radical (unpaired) electrons. The van der Waals surface area contributed by atoms with Gasteiger partial charge in [-0.3, -0.25) is 9.58 Å². The molecule has 0 bridgehead atoms. The van der Waals surface area contributed by atoms with Crippen molar-refractivity contribution in [1.82, 2.24) is 14.7 Å². The van der Waals surface area contributed by atoms with E-state index in [0.29, 0.717) is 12.3 Å². The fourth-order valence-electron chi connectivity index (χ4n) is 2.84. The van der Waals surface area contributed by atoms with Gasteiger partial charge in [0.25, 0.3) is 0 Å². The molecule has 0 saturated carbocycles. The Hall–Kier alpha value is -2.18. The van der Waals surface area contributed by atoms with E-state index in [4.69, 9.17) is 9.47 Å². The number of esters is 1. The van der Waals surface area contributed by atoms with Crippen LogP contribution in [0.15, 0.2) is 42.6 Å². The molecule has 25 heavy (non-hydrogen) atoms. The van der Waals surface area contributed by atoms with Crippen molar-refractivity contribution >= 4 is 5.97 Å². The monoisotopic (exact) mass is 343 g/mol. The van der Waals surface area contributed by atoms with Gasteiger partial charge < -0.3 is 9.47 Å². The van der Waals surface area contributed by atoms with E-state index in [1.807, 2.05) is 32.0 Å². The molecule has 6 heteroatoms. The van der Waals surface area contributed by atoms with Crippen LogP contribution in [0, 0.1) is 0 Å². The molecule has 6 nitrogen and oxygen atoms in total. The highest BCUT2D eigenvalue weighted by molar-refractivity contribution is 5.87. The molecule has 2 heterocycles.